The van der Waals surface area contributed by atoms with E-state index in [0.717, 1.165) is 26.1 Å². The second-order valence-electron chi connectivity index (χ2n) is 3.85. The summed E-state index contributed by atoms with van der Waals surface area (Å²) in [6.45, 7) is 4.99. The van der Waals surface area contributed by atoms with Crippen LogP contribution >= 0.6 is 0 Å². The van der Waals surface area contributed by atoms with E-state index in [1.54, 1.807) is 7.11 Å². The van der Waals surface area contributed by atoms with Gasteiger partial charge in [-0.3, -0.25) is 4.90 Å². The lowest BCUT2D eigenvalue weighted by molar-refractivity contribution is 0.158. The first kappa shape index (κ1) is 12.2. The fourth-order valence-electron chi connectivity index (χ4n) is 1.67. The highest BCUT2D eigenvalue weighted by Crippen LogP contribution is 2.11. The number of methoxy groups -OCH3 is 1. The van der Waals surface area contributed by atoms with E-state index in [0.29, 0.717) is 0 Å². The standard InChI is InChI=1S/C13H21NO/c1-4-12-7-5-6-8-13(12)11-14(2)9-10-15-3/h5-8H,4,9-11H2,1-3H3. The summed E-state index contributed by atoms with van der Waals surface area (Å²) in [4.78, 5) is 2.29. The van der Waals surface area contributed by atoms with Crippen molar-refractivity contribution in [2.75, 3.05) is 27.3 Å². The fourth-order valence-corrected chi connectivity index (χ4v) is 1.67. The van der Waals surface area contributed by atoms with Gasteiger partial charge in [0.1, 0.15) is 0 Å². The van der Waals surface area contributed by atoms with Gasteiger partial charge in [0.15, 0.2) is 0 Å². The zero-order chi connectivity index (χ0) is 11.1. The van der Waals surface area contributed by atoms with Crippen molar-refractivity contribution < 1.29 is 4.74 Å². The lowest BCUT2D eigenvalue weighted by Gasteiger charge is -2.17. The summed E-state index contributed by atoms with van der Waals surface area (Å²) in [5.41, 5.74) is 2.88. The summed E-state index contributed by atoms with van der Waals surface area (Å²) in [6.07, 6.45) is 1.11. The molecule has 0 saturated heterocycles. The Morgan fingerprint density at radius 2 is 1.87 bits per heavy atom. The second-order valence-corrected chi connectivity index (χ2v) is 3.85. The molecule has 0 heterocycles. The topological polar surface area (TPSA) is 12.5 Å². The summed E-state index contributed by atoms with van der Waals surface area (Å²) >= 11 is 0. The maximum atomic E-state index is 5.07. The maximum Gasteiger partial charge on any atom is 0.0589 e. The Labute approximate surface area is 92.9 Å². The average molecular weight is 207 g/mol. The van der Waals surface area contributed by atoms with Crippen molar-refractivity contribution in [2.45, 2.75) is 19.9 Å². The second kappa shape index (κ2) is 6.59. The number of benzene rings is 1. The van der Waals surface area contributed by atoms with E-state index in [2.05, 4.69) is 43.1 Å². The van der Waals surface area contributed by atoms with Crippen LogP contribution < -0.4 is 0 Å². The molecule has 0 aliphatic carbocycles. The molecule has 0 aromatic heterocycles. The van der Waals surface area contributed by atoms with Gasteiger partial charge in [0, 0.05) is 20.2 Å². The predicted octanol–water partition coefficient (Wildman–Crippen LogP) is 2.33. The normalized spacial score (nSPS) is 10.9. The quantitative estimate of drug-likeness (QED) is 0.710. The van der Waals surface area contributed by atoms with Crippen molar-refractivity contribution in [1.82, 2.24) is 4.90 Å². The smallest absolute Gasteiger partial charge is 0.0589 e. The molecule has 0 N–H and O–H groups in total. The first-order chi connectivity index (χ1) is 7.27. The molecule has 0 atom stereocenters. The highest BCUT2D eigenvalue weighted by molar-refractivity contribution is 5.26. The molecule has 0 radical (unpaired) electrons. The maximum absolute atomic E-state index is 5.07. The van der Waals surface area contributed by atoms with Gasteiger partial charge in [-0.1, -0.05) is 31.2 Å². The van der Waals surface area contributed by atoms with E-state index in [-0.39, 0.29) is 0 Å². The van der Waals surface area contributed by atoms with Crippen LogP contribution in [0.25, 0.3) is 0 Å². The van der Waals surface area contributed by atoms with Gasteiger partial charge in [0.2, 0.25) is 0 Å². The minimum atomic E-state index is 0.796. The molecule has 0 bridgehead atoms. The van der Waals surface area contributed by atoms with Gasteiger partial charge in [-0.2, -0.15) is 0 Å². The molecule has 2 nitrogen and oxygen atoms in total. The lowest BCUT2D eigenvalue weighted by atomic mass is 10.1. The van der Waals surface area contributed by atoms with Crippen molar-refractivity contribution in [3.63, 3.8) is 0 Å². The molecule has 2 heteroatoms. The monoisotopic (exact) mass is 207 g/mol. The Hall–Kier alpha value is -0.860. The van der Waals surface area contributed by atoms with E-state index in [1.165, 1.54) is 11.1 Å². The van der Waals surface area contributed by atoms with Crippen LogP contribution in [-0.4, -0.2) is 32.2 Å². The molecule has 84 valence electrons. The van der Waals surface area contributed by atoms with Crippen LogP contribution in [-0.2, 0) is 17.7 Å². The third kappa shape index (κ3) is 4.02. The van der Waals surface area contributed by atoms with E-state index < -0.39 is 0 Å². The van der Waals surface area contributed by atoms with Crippen LogP contribution in [0.4, 0.5) is 0 Å². The molecule has 0 aliphatic heterocycles. The highest BCUT2D eigenvalue weighted by atomic mass is 16.5. The third-order valence-corrected chi connectivity index (χ3v) is 2.62. The van der Waals surface area contributed by atoms with Crippen molar-refractivity contribution in [1.29, 1.82) is 0 Å². The Morgan fingerprint density at radius 1 is 1.20 bits per heavy atom. The fraction of sp³-hybridized carbons (Fsp3) is 0.538. The predicted molar refractivity (Wildman–Crippen MR) is 64.0 cm³/mol. The van der Waals surface area contributed by atoms with Gasteiger partial charge in [-0.15, -0.1) is 0 Å². The van der Waals surface area contributed by atoms with Crippen LogP contribution in [0.2, 0.25) is 0 Å². The summed E-state index contributed by atoms with van der Waals surface area (Å²) in [5, 5.41) is 0. The van der Waals surface area contributed by atoms with Crippen LogP contribution in [0.15, 0.2) is 24.3 Å². The molecule has 0 saturated carbocycles. The van der Waals surface area contributed by atoms with Gasteiger partial charge < -0.3 is 4.74 Å². The number of likely N-dealkylation sites (N-methyl/N-ethyl adjacent to an activating group) is 1. The molecule has 0 unspecified atom stereocenters. The van der Waals surface area contributed by atoms with E-state index in [9.17, 15) is 0 Å². The van der Waals surface area contributed by atoms with Gasteiger partial charge >= 0.3 is 0 Å². The number of ether oxygens (including phenoxy) is 1. The molecule has 0 aliphatic rings. The Kier molecular flexibility index (Phi) is 5.37. The number of rotatable bonds is 6. The first-order valence-electron chi connectivity index (χ1n) is 5.52. The van der Waals surface area contributed by atoms with Gasteiger partial charge in [0.05, 0.1) is 6.61 Å². The first-order valence-corrected chi connectivity index (χ1v) is 5.52. The number of hydrogen-bond acceptors (Lipinski definition) is 2. The van der Waals surface area contributed by atoms with E-state index in [1.807, 2.05) is 0 Å². The van der Waals surface area contributed by atoms with Gasteiger partial charge in [-0.05, 0) is 24.6 Å². The lowest BCUT2D eigenvalue weighted by Crippen LogP contribution is -2.22. The Bertz CT molecular complexity index is 286. The van der Waals surface area contributed by atoms with Crippen LogP contribution in [0.5, 0.6) is 0 Å². The van der Waals surface area contributed by atoms with Gasteiger partial charge in [0.25, 0.3) is 0 Å². The average Bonchev–Trinajstić information content (AvgIpc) is 2.27. The summed E-state index contributed by atoms with van der Waals surface area (Å²) in [7, 11) is 3.87. The largest absolute Gasteiger partial charge is 0.383 e. The molecule has 1 aromatic rings. The molecule has 0 spiro atoms. The van der Waals surface area contributed by atoms with Gasteiger partial charge in [-0.25, -0.2) is 0 Å². The van der Waals surface area contributed by atoms with Crippen molar-refractivity contribution in [2.24, 2.45) is 0 Å². The van der Waals surface area contributed by atoms with Crippen molar-refractivity contribution in [3.05, 3.63) is 35.4 Å². The minimum Gasteiger partial charge on any atom is -0.383 e. The SMILES string of the molecule is CCc1ccccc1CN(C)CCOC. The summed E-state index contributed by atoms with van der Waals surface area (Å²) in [6, 6.07) is 8.64. The summed E-state index contributed by atoms with van der Waals surface area (Å²) < 4.78 is 5.07. The Morgan fingerprint density at radius 3 is 2.47 bits per heavy atom. The minimum absolute atomic E-state index is 0.796. The van der Waals surface area contributed by atoms with E-state index >= 15 is 0 Å². The molecule has 1 rings (SSSR count). The van der Waals surface area contributed by atoms with Crippen molar-refractivity contribution in [3.8, 4) is 0 Å². The Balaban J connectivity index is 2.55. The molecule has 1 aromatic carbocycles. The molecular weight excluding hydrogens is 186 g/mol. The zero-order valence-corrected chi connectivity index (χ0v) is 9.99. The highest BCUT2D eigenvalue weighted by Gasteiger charge is 2.03. The van der Waals surface area contributed by atoms with Crippen LogP contribution in [0, 0.1) is 0 Å². The van der Waals surface area contributed by atoms with Crippen molar-refractivity contribution >= 4 is 0 Å². The number of hydrogen-bond donors (Lipinski definition) is 0. The molecule has 0 amide bonds. The number of aryl methyl sites for hydroxylation is 1. The zero-order valence-electron chi connectivity index (χ0n) is 9.99. The van der Waals surface area contributed by atoms with E-state index in [4.69, 9.17) is 4.74 Å². The molecule has 0 fully saturated rings. The van der Waals surface area contributed by atoms with Crippen LogP contribution in [0.3, 0.4) is 0 Å². The molecular formula is C13H21NO. The van der Waals surface area contributed by atoms with Crippen LogP contribution in [0.1, 0.15) is 18.1 Å². The molecule has 15 heavy (non-hydrogen) atoms. The third-order valence-electron chi connectivity index (χ3n) is 2.62. The number of nitrogens with zero attached hydrogens (tertiary/aromatic N) is 1. The summed E-state index contributed by atoms with van der Waals surface area (Å²) in [5.74, 6) is 0.